The first kappa shape index (κ1) is 20.6. The molecule has 0 saturated heterocycles. The summed E-state index contributed by atoms with van der Waals surface area (Å²) in [5.74, 6) is -6.19. The molecule has 0 aliphatic carbocycles. The van der Waals surface area contributed by atoms with Crippen molar-refractivity contribution in [1.29, 1.82) is 0 Å². The maximum absolute atomic E-state index is 9.41. The standard InChI is InChI=1S/2C4H4O4.Zr/c2*5-3(6)1-2-4(7)8;/h2*1-2H,(H,5,6)(H,7,8);/q;;+4/p-4/b2*2-1-;. The average molecular weight is 319 g/mol. The third-order valence-corrected chi connectivity index (χ3v) is 0.711. The van der Waals surface area contributed by atoms with Gasteiger partial charge in [-0.15, -0.1) is 0 Å². The largest absolute Gasteiger partial charge is 4.00 e. The molecule has 8 nitrogen and oxygen atoms in total. The van der Waals surface area contributed by atoms with Gasteiger partial charge in [-0.2, -0.15) is 0 Å². The predicted octanol–water partition coefficient (Wildman–Crippen LogP) is -5.92. The first-order valence-electron chi connectivity index (χ1n) is 3.45. The van der Waals surface area contributed by atoms with Gasteiger partial charge in [0, 0.05) is 0 Å². The summed E-state index contributed by atoms with van der Waals surface area (Å²) in [4.78, 5) is 37.7. The van der Waals surface area contributed by atoms with Crippen LogP contribution in [0, 0.1) is 0 Å². The summed E-state index contributed by atoms with van der Waals surface area (Å²) in [6.07, 6.45) is 1.54. The van der Waals surface area contributed by atoms with E-state index in [0.717, 1.165) is 0 Å². The molecule has 0 bridgehead atoms. The van der Waals surface area contributed by atoms with Crippen molar-refractivity contribution in [2.75, 3.05) is 0 Å². The summed E-state index contributed by atoms with van der Waals surface area (Å²) in [7, 11) is 0. The summed E-state index contributed by atoms with van der Waals surface area (Å²) < 4.78 is 0. The SMILES string of the molecule is O=C([O-])/C=C\C(=O)[O-].O=C([O-])/C=C\C(=O)[O-].[Zr+4]. The van der Waals surface area contributed by atoms with E-state index in [2.05, 4.69) is 0 Å². The smallest absolute Gasteiger partial charge is 0.545 e. The molecule has 0 fully saturated rings. The van der Waals surface area contributed by atoms with Crippen LogP contribution in [0.25, 0.3) is 0 Å². The van der Waals surface area contributed by atoms with Crippen LogP contribution in [0.1, 0.15) is 0 Å². The van der Waals surface area contributed by atoms with E-state index in [9.17, 15) is 39.6 Å². The number of carbonyl (C=O) groups excluding carboxylic acids is 4. The van der Waals surface area contributed by atoms with Gasteiger partial charge in [0.1, 0.15) is 0 Å². The normalized spacial score (nSPS) is 8.94. The summed E-state index contributed by atoms with van der Waals surface area (Å²) in [5.41, 5.74) is 0. The van der Waals surface area contributed by atoms with Crippen LogP contribution in [0.2, 0.25) is 0 Å². The van der Waals surface area contributed by atoms with Crippen molar-refractivity contribution < 1.29 is 65.8 Å². The van der Waals surface area contributed by atoms with Gasteiger partial charge in [-0.3, -0.25) is 0 Å². The number of hydrogen-bond acceptors (Lipinski definition) is 8. The Kier molecular flexibility index (Phi) is 14.9. The Morgan fingerprint density at radius 3 is 0.706 bits per heavy atom. The van der Waals surface area contributed by atoms with Crippen LogP contribution in [0.4, 0.5) is 0 Å². The molecule has 0 amide bonds. The van der Waals surface area contributed by atoms with Crippen LogP contribution in [0.15, 0.2) is 24.3 Å². The zero-order chi connectivity index (χ0) is 13.1. The van der Waals surface area contributed by atoms with E-state index in [4.69, 9.17) is 0 Å². The summed E-state index contributed by atoms with van der Waals surface area (Å²) in [6.45, 7) is 0. The Hall–Kier alpha value is -1.76. The molecule has 17 heavy (non-hydrogen) atoms. The Labute approximate surface area is 114 Å². The molecule has 0 radical (unpaired) electrons. The van der Waals surface area contributed by atoms with Gasteiger partial charge in [0.05, 0.1) is 23.9 Å². The zero-order valence-electron chi connectivity index (χ0n) is 8.08. The minimum atomic E-state index is -1.55. The Morgan fingerprint density at radius 1 is 0.529 bits per heavy atom. The molecule has 0 aliphatic rings. The Balaban J connectivity index is -0.000000218. The van der Waals surface area contributed by atoms with Crippen LogP contribution in [0.3, 0.4) is 0 Å². The van der Waals surface area contributed by atoms with E-state index < -0.39 is 23.9 Å². The zero-order valence-corrected chi connectivity index (χ0v) is 10.5. The molecule has 0 N–H and O–H groups in total. The van der Waals surface area contributed by atoms with Gasteiger partial charge in [-0.1, -0.05) is 0 Å². The number of carboxylic acid groups (broad SMARTS) is 4. The van der Waals surface area contributed by atoms with Crippen LogP contribution >= 0.6 is 0 Å². The van der Waals surface area contributed by atoms with E-state index >= 15 is 0 Å². The molecule has 0 aromatic rings. The third-order valence-electron chi connectivity index (χ3n) is 0.711. The van der Waals surface area contributed by atoms with Crippen molar-refractivity contribution in [2.45, 2.75) is 0 Å². The van der Waals surface area contributed by atoms with Crippen LogP contribution in [-0.4, -0.2) is 23.9 Å². The van der Waals surface area contributed by atoms with Crippen LogP contribution in [-0.2, 0) is 45.4 Å². The third kappa shape index (κ3) is 31.4. The fourth-order valence-corrected chi connectivity index (χ4v) is 0.272. The second kappa shape index (κ2) is 12.3. The molecule has 0 aromatic carbocycles. The molecular formula is C8H4O8Zr. The summed E-state index contributed by atoms with van der Waals surface area (Å²) >= 11 is 0. The predicted molar refractivity (Wildman–Crippen MR) is 38.3 cm³/mol. The van der Waals surface area contributed by atoms with Crippen molar-refractivity contribution in [3.8, 4) is 0 Å². The number of hydrogen-bond donors (Lipinski definition) is 0. The molecule has 0 rings (SSSR count). The van der Waals surface area contributed by atoms with Gasteiger partial charge in [-0.25, -0.2) is 0 Å². The quantitative estimate of drug-likeness (QED) is 0.463. The topological polar surface area (TPSA) is 161 Å². The molecule has 0 unspecified atom stereocenters. The molecule has 9 heteroatoms. The van der Waals surface area contributed by atoms with Gasteiger partial charge < -0.3 is 39.6 Å². The van der Waals surface area contributed by atoms with Crippen molar-refractivity contribution in [2.24, 2.45) is 0 Å². The van der Waals surface area contributed by atoms with E-state index in [1.54, 1.807) is 0 Å². The molecule has 0 aliphatic heterocycles. The molecule has 0 aromatic heterocycles. The summed E-state index contributed by atoms with van der Waals surface area (Å²) in [5, 5.41) is 37.7. The number of rotatable bonds is 4. The van der Waals surface area contributed by atoms with Gasteiger partial charge in [0.25, 0.3) is 0 Å². The van der Waals surface area contributed by atoms with Gasteiger partial charge in [0.2, 0.25) is 0 Å². The molecule has 0 atom stereocenters. The average Bonchev–Trinajstić information content (AvgIpc) is 2.12. The van der Waals surface area contributed by atoms with Crippen molar-refractivity contribution in [3.63, 3.8) is 0 Å². The Bertz CT molecular complexity index is 277. The maximum Gasteiger partial charge on any atom is 4.00 e. The number of aliphatic carboxylic acids is 4. The molecule has 88 valence electrons. The fourth-order valence-electron chi connectivity index (χ4n) is 0.272. The van der Waals surface area contributed by atoms with Crippen molar-refractivity contribution in [3.05, 3.63) is 24.3 Å². The van der Waals surface area contributed by atoms with Crippen LogP contribution in [0.5, 0.6) is 0 Å². The monoisotopic (exact) mass is 318 g/mol. The van der Waals surface area contributed by atoms with Crippen LogP contribution < -0.4 is 20.4 Å². The van der Waals surface area contributed by atoms with E-state index in [0.29, 0.717) is 24.3 Å². The Morgan fingerprint density at radius 2 is 0.647 bits per heavy atom. The maximum atomic E-state index is 9.41. The van der Waals surface area contributed by atoms with Gasteiger partial charge in [0.15, 0.2) is 0 Å². The van der Waals surface area contributed by atoms with Crippen molar-refractivity contribution >= 4 is 23.9 Å². The van der Waals surface area contributed by atoms with E-state index in [-0.39, 0.29) is 26.2 Å². The van der Waals surface area contributed by atoms with Gasteiger partial charge >= 0.3 is 26.2 Å². The molecule has 0 heterocycles. The second-order valence-electron chi connectivity index (χ2n) is 1.94. The second-order valence-corrected chi connectivity index (χ2v) is 1.94. The molecular weight excluding hydrogens is 315 g/mol. The minimum absolute atomic E-state index is 0. The number of carboxylic acids is 4. The fraction of sp³-hybridized carbons (Fsp3) is 0. The first-order valence-corrected chi connectivity index (χ1v) is 3.45. The van der Waals surface area contributed by atoms with Gasteiger partial charge in [-0.05, 0) is 24.3 Å². The first-order chi connectivity index (χ1) is 7.25. The summed E-state index contributed by atoms with van der Waals surface area (Å²) in [6, 6.07) is 0. The van der Waals surface area contributed by atoms with Crippen molar-refractivity contribution in [1.82, 2.24) is 0 Å². The minimum Gasteiger partial charge on any atom is -0.545 e. The number of carbonyl (C=O) groups is 4. The van der Waals surface area contributed by atoms with E-state index in [1.165, 1.54) is 0 Å². The molecule has 0 spiro atoms. The molecule has 0 saturated carbocycles. The van der Waals surface area contributed by atoms with E-state index in [1.807, 2.05) is 0 Å².